The minimum atomic E-state index is -0.432. The molecule has 98 valence electrons. The van der Waals surface area contributed by atoms with Crippen LogP contribution in [0.5, 0.6) is 5.75 Å². The Kier molecular flexibility index (Phi) is 2.88. The van der Waals surface area contributed by atoms with Gasteiger partial charge in [0.05, 0.1) is 0 Å². The van der Waals surface area contributed by atoms with Gasteiger partial charge in [0.1, 0.15) is 5.75 Å². The van der Waals surface area contributed by atoms with Crippen molar-refractivity contribution in [2.45, 2.75) is 0 Å². The second kappa shape index (κ2) is 4.70. The Morgan fingerprint density at radius 2 is 1.50 bits per heavy atom. The third-order valence-corrected chi connectivity index (χ3v) is 3.37. The molecule has 1 amide bonds. The molecule has 0 fully saturated rings. The quantitative estimate of drug-likeness (QED) is 0.745. The summed E-state index contributed by atoms with van der Waals surface area (Å²) in [5.41, 5.74) is 7.92. The Labute approximate surface area is 116 Å². The van der Waals surface area contributed by atoms with Crippen LogP contribution in [0.1, 0.15) is 10.4 Å². The van der Waals surface area contributed by atoms with E-state index >= 15 is 0 Å². The molecular weight excluding hydrogens is 250 g/mol. The Morgan fingerprint density at radius 1 is 0.850 bits per heavy atom. The van der Waals surface area contributed by atoms with Gasteiger partial charge in [-0.3, -0.25) is 4.79 Å². The van der Waals surface area contributed by atoms with Crippen LogP contribution in [0.25, 0.3) is 21.9 Å². The van der Waals surface area contributed by atoms with Crippen LogP contribution in [0.3, 0.4) is 0 Å². The summed E-state index contributed by atoms with van der Waals surface area (Å²) in [6.07, 6.45) is 0. The molecule has 3 aromatic rings. The fourth-order valence-electron chi connectivity index (χ4n) is 2.42. The second-order valence-corrected chi connectivity index (χ2v) is 4.62. The van der Waals surface area contributed by atoms with E-state index < -0.39 is 5.91 Å². The molecule has 3 heteroatoms. The van der Waals surface area contributed by atoms with E-state index in [2.05, 4.69) is 0 Å². The van der Waals surface area contributed by atoms with Gasteiger partial charge in [-0.15, -0.1) is 0 Å². The number of fused-ring (bicyclic) bond motifs is 1. The Morgan fingerprint density at radius 3 is 2.20 bits per heavy atom. The van der Waals surface area contributed by atoms with E-state index in [0.717, 1.165) is 21.9 Å². The zero-order valence-corrected chi connectivity index (χ0v) is 10.7. The summed E-state index contributed by atoms with van der Waals surface area (Å²) in [6, 6.07) is 18.3. The average Bonchev–Trinajstić information content (AvgIpc) is 2.47. The predicted molar refractivity (Wildman–Crippen MR) is 79.6 cm³/mol. The van der Waals surface area contributed by atoms with E-state index in [4.69, 9.17) is 5.73 Å². The predicted octanol–water partition coefficient (Wildman–Crippen LogP) is 3.31. The maximum Gasteiger partial charge on any atom is 0.249 e. The summed E-state index contributed by atoms with van der Waals surface area (Å²) in [7, 11) is 0. The Bertz CT molecular complexity index is 792. The third-order valence-electron chi connectivity index (χ3n) is 3.37. The van der Waals surface area contributed by atoms with E-state index in [9.17, 15) is 9.90 Å². The van der Waals surface area contributed by atoms with Gasteiger partial charge in [-0.2, -0.15) is 0 Å². The van der Waals surface area contributed by atoms with E-state index in [1.807, 2.05) is 42.5 Å². The molecule has 0 aromatic heterocycles. The summed E-state index contributed by atoms with van der Waals surface area (Å²) in [5, 5.41) is 11.2. The van der Waals surface area contributed by atoms with Crippen molar-refractivity contribution in [3.05, 3.63) is 66.2 Å². The summed E-state index contributed by atoms with van der Waals surface area (Å²) in [6.45, 7) is 0. The number of aromatic hydroxyl groups is 1. The zero-order valence-electron chi connectivity index (χ0n) is 10.7. The molecule has 3 rings (SSSR count). The van der Waals surface area contributed by atoms with Crippen LogP contribution in [0, 0.1) is 0 Å². The number of rotatable bonds is 2. The summed E-state index contributed by atoms with van der Waals surface area (Å²) in [4.78, 5) is 11.5. The molecule has 0 radical (unpaired) electrons. The molecule has 0 aliphatic rings. The molecule has 0 spiro atoms. The van der Waals surface area contributed by atoms with Crippen LogP contribution in [0.2, 0.25) is 0 Å². The molecule has 0 aliphatic carbocycles. The number of benzene rings is 3. The van der Waals surface area contributed by atoms with Crippen molar-refractivity contribution in [2.75, 3.05) is 0 Å². The number of hydrogen-bond acceptors (Lipinski definition) is 2. The highest BCUT2D eigenvalue weighted by Gasteiger charge is 2.09. The molecule has 0 saturated heterocycles. The van der Waals surface area contributed by atoms with Crippen molar-refractivity contribution < 1.29 is 9.90 Å². The summed E-state index contributed by atoms with van der Waals surface area (Å²) < 4.78 is 0. The molecule has 0 heterocycles. The van der Waals surface area contributed by atoms with Gasteiger partial charge in [0.15, 0.2) is 0 Å². The smallest absolute Gasteiger partial charge is 0.249 e. The van der Waals surface area contributed by atoms with Crippen LogP contribution >= 0.6 is 0 Å². The lowest BCUT2D eigenvalue weighted by Crippen LogP contribution is -2.11. The van der Waals surface area contributed by atoms with E-state index in [1.165, 1.54) is 0 Å². The van der Waals surface area contributed by atoms with Gasteiger partial charge in [0, 0.05) is 5.56 Å². The van der Waals surface area contributed by atoms with Crippen LogP contribution in [-0.4, -0.2) is 11.0 Å². The van der Waals surface area contributed by atoms with Crippen molar-refractivity contribution in [3.63, 3.8) is 0 Å². The molecule has 20 heavy (non-hydrogen) atoms. The van der Waals surface area contributed by atoms with Gasteiger partial charge in [-0.25, -0.2) is 0 Å². The first kappa shape index (κ1) is 12.2. The summed E-state index contributed by atoms with van der Waals surface area (Å²) in [5.74, 6) is -0.203. The molecule has 3 nitrogen and oxygen atoms in total. The topological polar surface area (TPSA) is 63.3 Å². The normalized spacial score (nSPS) is 10.6. The zero-order chi connectivity index (χ0) is 14.1. The second-order valence-electron chi connectivity index (χ2n) is 4.62. The molecule has 0 aliphatic heterocycles. The Hall–Kier alpha value is -2.81. The number of phenolic OH excluding ortho intramolecular Hbond substituents is 1. The maximum atomic E-state index is 11.5. The number of primary amides is 1. The highest BCUT2D eigenvalue weighted by atomic mass is 16.3. The standard InChI is InChI=1S/C17H13NO2/c18-17(20)16-6-2-4-14-13(3-1-5-15(14)16)11-7-9-12(19)10-8-11/h1-10,19H,(H2,18,20). The van der Waals surface area contributed by atoms with Crippen LogP contribution in [0.15, 0.2) is 60.7 Å². The maximum absolute atomic E-state index is 11.5. The lowest BCUT2D eigenvalue weighted by molar-refractivity contribution is 0.100. The van der Waals surface area contributed by atoms with Crippen LogP contribution < -0.4 is 5.73 Å². The van der Waals surface area contributed by atoms with Gasteiger partial charge >= 0.3 is 0 Å². The molecule has 3 aromatic carbocycles. The fourth-order valence-corrected chi connectivity index (χ4v) is 2.42. The van der Waals surface area contributed by atoms with E-state index in [-0.39, 0.29) is 5.75 Å². The van der Waals surface area contributed by atoms with Crippen molar-refractivity contribution >= 4 is 16.7 Å². The minimum Gasteiger partial charge on any atom is -0.508 e. The van der Waals surface area contributed by atoms with Crippen molar-refractivity contribution in [1.82, 2.24) is 0 Å². The average molecular weight is 263 g/mol. The van der Waals surface area contributed by atoms with Crippen LogP contribution in [0.4, 0.5) is 0 Å². The number of carbonyl (C=O) groups excluding carboxylic acids is 1. The highest BCUT2D eigenvalue weighted by molar-refractivity contribution is 6.09. The third kappa shape index (κ3) is 1.99. The van der Waals surface area contributed by atoms with Gasteiger partial charge in [0.2, 0.25) is 5.91 Å². The van der Waals surface area contributed by atoms with Gasteiger partial charge in [-0.1, -0.05) is 42.5 Å². The number of amides is 1. The number of nitrogens with two attached hydrogens (primary N) is 1. The molecule has 0 bridgehead atoms. The van der Waals surface area contributed by atoms with Gasteiger partial charge in [-0.05, 0) is 40.1 Å². The molecule has 0 saturated carbocycles. The first-order valence-corrected chi connectivity index (χ1v) is 6.28. The largest absolute Gasteiger partial charge is 0.508 e. The molecule has 0 unspecified atom stereocenters. The Balaban J connectivity index is 2.30. The lowest BCUT2D eigenvalue weighted by atomic mass is 9.95. The van der Waals surface area contributed by atoms with Crippen molar-refractivity contribution in [2.24, 2.45) is 5.73 Å². The molecule has 3 N–H and O–H groups in total. The van der Waals surface area contributed by atoms with Crippen LogP contribution in [-0.2, 0) is 0 Å². The lowest BCUT2D eigenvalue weighted by Gasteiger charge is -2.09. The molecule has 0 atom stereocenters. The number of carbonyl (C=O) groups is 1. The monoisotopic (exact) mass is 263 g/mol. The number of hydrogen-bond donors (Lipinski definition) is 2. The fraction of sp³-hybridized carbons (Fsp3) is 0. The first-order valence-electron chi connectivity index (χ1n) is 6.28. The van der Waals surface area contributed by atoms with Crippen molar-refractivity contribution in [3.8, 4) is 16.9 Å². The number of phenols is 1. The first-order chi connectivity index (χ1) is 9.66. The van der Waals surface area contributed by atoms with E-state index in [1.54, 1.807) is 18.2 Å². The van der Waals surface area contributed by atoms with E-state index in [0.29, 0.717) is 5.56 Å². The minimum absolute atomic E-state index is 0.229. The summed E-state index contributed by atoms with van der Waals surface area (Å²) >= 11 is 0. The van der Waals surface area contributed by atoms with Crippen molar-refractivity contribution in [1.29, 1.82) is 0 Å². The highest BCUT2D eigenvalue weighted by Crippen LogP contribution is 2.31. The SMILES string of the molecule is NC(=O)c1cccc2c(-c3ccc(O)cc3)cccc12. The molecular formula is C17H13NO2. The van der Waals surface area contributed by atoms with Gasteiger partial charge < -0.3 is 10.8 Å². The van der Waals surface area contributed by atoms with Gasteiger partial charge in [0.25, 0.3) is 0 Å².